The molecule has 110 valence electrons. The second-order valence-corrected chi connectivity index (χ2v) is 5.54. The van der Waals surface area contributed by atoms with E-state index in [-0.39, 0.29) is 17.7 Å². The summed E-state index contributed by atoms with van der Waals surface area (Å²) in [7, 11) is 1.83. The van der Waals surface area contributed by atoms with Gasteiger partial charge in [-0.2, -0.15) is 5.10 Å². The van der Waals surface area contributed by atoms with Crippen molar-refractivity contribution in [2.75, 3.05) is 0 Å². The Morgan fingerprint density at radius 1 is 1.45 bits per heavy atom. The van der Waals surface area contributed by atoms with Crippen molar-refractivity contribution in [2.45, 2.75) is 45.8 Å². The van der Waals surface area contributed by atoms with Gasteiger partial charge in [0.2, 0.25) is 11.8 Å². The van der Waals surface area contributed by atoms with Crippen molar-refractivity contribution in [2.24, 2.45) is 13.0 Å². The Balaban J connectivity index is 2.19. The normalized spacial score (nSPS) is 24.7. The first-order valence-electron chi connectivity index (χ1n) is 7.02. The highest BCUT2D eigenvalue weighted by Crippen LogP contribution is 2.19. The summed E-state index contributed by atoms with van der Waals surface area (Å²) in [5.74, 6) is 0.0458. The number of amides is 2. The Kier molecular flexibility index (Phi) is 4.11. The Morgan fingerprint density at radius 2 is 2.15 bits per heavy atom. The summed E-state index contributed by atoms with van der Waals surface area (Å²) in [6.45, 7) is 6.19. The molecule has 20 heavy (non-hydrogen) atoms. The lowest BCUT2D eigenvalue weighted by Crippen LogP contribution is -2.63. The van der Waals surface area contributed by atoms with Crippen LogP contribution in [0, 0.1) is 5.92 Å². The molecule has 0 bridgehead atoms. The van der Waals surface area contributed by atoms with Gasteiger partial charge < -0.3 is 10.2 Å². The molecule has 1 aliphatic rings. The minimum atomic E-state index is -0.442. The molecule has 0 saturated carbocycles. The molecule has 3 unspecified atom stereocenters. The van der Waals surface area contributed by atoms with Crippen molar-refractivity contribution in [1.29, 1.82) is 0 Å². The summed E-state index contributed by atoms with van der Waals surface area (Å²) in [4.78, 5) is 26.3. The number of aromatic nitrogens is 2. The lowest BCUT2D eigenvalue weighted by atomic mass is 9.94. The van der Waals surface area contributed by atoms with Crippen LogP contribution in [0.2, 0.25) is 0 Å². The zero-order chi connectivity index (χ0) is 14.9. The van der Waals surface area contributed by atoms with Crippen molar-refractivity contribution in [3.05, 3.63) is 18.0 Å². The maximum Gasteiger partial charge on any atom is 0.246 e. The Bertz CT molecular complexity index is 511. The Labute approximate surface area is 119 Å². The minimum Gasteiger partial charge on any atom is -0.342 e. The van der Waals surface area contributed by atoms with Crippen LogP contribution in [-0.4, -0.2) is 38.6 Å². The molecule has 6 heteroatoms. The van der Waals surface area contributed by atoms with Gasteiger partial charge in [-0.05, 0) is 12.8 Å². The van der Waals surface area contributed by atoms with Crippen LogP contribution in [0.4, 0.5) is 0 Å². The summed E-state index contributed by atoms with van der Waals surface area (Å²) in [6.07, 6.45) is 4.45. The maximum absolute atomic E-state index is 12.6. The first-order chi connectivity index (χ1) is 9.43. The van der Waals surface area contributed by atoms with Crippen LogP contribution in [0.5, 0.6) is 0 Å². The molecule has 0 spiro atoms. The highest BCUT2D eigenvalue weighted by molar-refractivity contribution is 5.96. The number of piperazine rings is 1. The van der Waals surface area contributed by atoms with E-state index >= 15 is 0 Å². The fourth-order valence-electron chi connectivity index (χ4n) is 2.43. The highest BCUT2D eigenvalue weighted by Gasteiger charge is 2.40. The van der Waals surface area contributed by atoms with Gasteiger partial charge in [0.25, 0.3) is 0 Å². The van der Waals surface area contributed by atoms with E-state index in [0.29, 0.717) is 6.54 Å². The molecule has 6 nitrogen and oxygen atoms in total. The van der Waals surface area contributed by atoms with E-state index < -0.39 is 12.1 Å². The fourth-order valence-corrected chi connectivity index (χ4v) is 2.43. The highest BCUT2D eigenvalue weighted by atomic mass is 16.2. The van der Waals surface area contributed by atoms with E-state index in [2.05, 4.69) is 10.4 Å². The van der Waals surface area contributed by atoms with E-state index in [0.717, 1.165) is 12.0 Å². The topological polar surface area (TPSA) is 67.2 Å². The SMILES string of the molecule is CCC(C)C1NC(=O)C(C)N(Cc2cnn(C)c2)C1=O. The standard InChI is InChI=1S/C14H22N4O2/c1-5-9(2)12-14(20)18(10(3)13(19)16-12)8-11-6-15-17(4)7-11/h6-7,9-10,12H,5,8H2,1-4H3,(H,16,19). The smallest absolute Gasteiger partial charge is 0.246 e. The van der Waals surface area contributed by atoms with Gasteiger partial charge in [-0.15, -0.1) is 0 Å². The van der Waals surface area contributed by atoms with Crippen LogP contribution in [0.15, 0.2) is 12.4 Å². The predicted molar refractivity (Wildman–Crippen MR) is 74.6 cm³/mol. The van der Waals surface area contributed by atoms with E-state index in [1.165, 1.54) is 0 Å². The molecule has 1 fully saturated rings. The molecule has 0 aromatic carbocycles. The van der Waals surface area contributed by atoms with Crippen LogP contribution in [0.1, 0.15) is 32.8 Å². The molecule has 3 atom stereocenters. The van der Waals surface area contributed by atoms with Crippen molar-refractivity contribution in [3.63, 3.8) is 0 Å². The number of rotatable bonds is 4. The molecule has 1 aromatic heterocycles. The molecular weight excluding hydrogens is 256 g/mol. The number of hydrogen-bond donors (Lipinski definition) is 1. The lowest BCUT2D eigenvalue weighted by molar-refractivity contribution is -0.150. The number of carbonyl (C=O) groups is 2. The third-order valence-corrected chi connectivity index (χ3v) is 4.02. The van der Waals surface area contributed by atoms with Crippen LogP contribution in [0.25, 0.3) is 0 Å². The second-order valence-electron chi connectivity index (χ2n) is 5.54. The lowest BCUT2D eigenvalue weighted by Gasteiger charge is -2.39. The zero-order valence-corrected chi connectivity index (χ0v) is 12.5. The molecule has 2 heterocycles. The van der Waals surface area contributed by atoms with Gasteiger partial charge in [-0.25, -0.2) is 0 Å². The van der Waals surface area contributed by atoms with Gasteiger partial charge in [0.15, 0.2) is 0 Å². The summed E-state index contributed by atoms with van der Waals surface area (Å²) >= 11 is 0. The molecule has 1 aliphatic heterocycles. The molecule has 0 aliphatic carbocycles. The number of nitrogens with one attached hydrogen (secondary N) is 1. The van der Waals surface area contributed by atoms with E-state index in [1.54, 1.807) is 22.7 Å². The molecule has 2 rings (SSSR count). The number of nitrogens with zero attached hydrogens (tertiary/aromatic N) is 3. The minimum absolute atomic E-state index is 0.00435. The Hall–Kier alpha value is -1.85. The van der Waals surface area contributed by atoms with Gasteiger partial charge in [0.05, 0.1) is 6.20 Å². The van der Waals surface area contributed by atoms with Crippen LogP contribution >= 0.6 is 0 Å². The number of carbonyl (C=O) groups excluding carboxylic acids is 2. The maximum atomic E-state index is 12.6. The molecule has 1 aromatic rings. The van der Waals surface area contributed by atoms with Gasteiger partial charge in [0.1, 0.15) is 12.1 Å². The average Bonchev–Trinajstić information content (AvgIpc) is 2.83. The van der Waals surface area contributed by atoms with Crippen molar-refractivity contribution in [1.82, 2.24) is 20.0 Å². The predicted octanol–water partition coefficient (Wildman–Crippen LogP) is 0.682. The largest absolute Gasteiger partial charge is 0.342 e. The fraction of sp³-hybridized carbons (Fsp3) is 0.643. The van der Waals surface area contributed by atoms with Gasteiger partial charge in [-0.3, -0.25) is 14.3 Å². The van der Waals surface area contributed by atoms with Gasteiger partial charge in [-0.1, -0.05) is 20.3 Å². The van der Waals surface area contributed by atoms with Crippen molar-refractivity contribution in [3.8, 4) is 0 Å². The van der Waals surface area contributed by atoms with Crippen molar-refractivity contribution >= 4 is 11.8 Å². The van der Waals surface area contributed by atoms with Crippen LogP contribution < -0.4 is 5.32 Å². The molecule has 1 saturated heterocycles. The first kappa shape index (κ1) is 14.6. The monoisotopic (exact) mass is 278 g/mol. The van der Waals surface area contributed by atoms with Gasteiger partial charge in [0, 0.05) is 25.4 Å². The average molecular weight is 278 g/mol. The van der Waals surface area contributed by atoms with E-state index in [4.69, 9.17) is 0 Å². The zero-order valence-electron chi connectivity index (χ0n) is 12.5. The molecule has 1 N–H and O–H groups in total. The summed E-state index contributed by atoms with van der Waals surface area (Å²) < 4.78 is 1.70. The third kappa shape index (κ3) is 2.69. The number of aryl methyl sites for hydroxylation is 1. The molecule has 2 amide bonds. The van der Waals surface area contributed by atoms with E-state index in [9.17, 15) is 9.59 Å². The Morgan fingerprint density at radius 3 is 2.70 bits per heavy atom. The summed E-state index contributed by atoms with van der Waals surface area (Å²) in [6, 6.07) is -0.858. The first-order valence-corrected chi connectivity index (χ1v) is 7.02. The molecule has 0 radical (unpaired) electrons. The summed E-state index contributed by atoms with van der Waals surface area (Å²) in [5.41, 5.74) is 0.935. The van der Waals surface area contributed by atoms with Gasteiger partial charge >= 0.3 is 0 Å². The van der Waals surface area contributed by atoms with Crippen molar-refractivity contribution < 1.29 is 9.59 Å². The number of hydrogen-bond acceptors (Lipinski definition) is 3. The quantitative estimate of drug-likeness (QED) is 0.881. The summed E-state index contributed by atoms with van der Waals surface area (Å²) in [5, 5.41) is 6.94. The van der Waals surface area contributed by atoms with Crippen LogP contribution in [-0.2, 0) is 23.2 Å². The van der Waals surface area contributed by atoms with Crippen LogP contribution in [0.3, 0.4) is 0 Å². The second kappa shape index (κ2) is 5.64. The molecular formula is C14H22N4O2. The van der Waals surface area contributed by atoms with E-state index in [1.807, 2.05) is 27.1 Å². The third-order valence-electron chi connectivity index (χ3n) is 4.02.